The van der Waals surface area contributed by atoms with Gasteiger partial charge in [-0.2, -0.15) is 0 Å². The molecule has 10 heteroatoms. The van der Waals surface area contributed by atoms with Crippen molar-refractivity contribution in [3.05, 3.63) is 88.9 Å². The molecule has 1 N–H and O–H groups in total. The van der Waals surface area contributed by atoms with E-state index in [9.17, 15) is 18.0 Å². The summed E-state index contributed by atoms with van der Waals surface area (Å²) in [6.07, 6.45) is 5.05. The van der Waals surface area contributed by atoms with Gasteiger partial charge in [-0.05, 0) is 68.7 Å². The fourth-order valence-corrected chi connectivity index (χ4v) is 6.84. The molecule has 8 nitrogen and oxygen atoms in total. The van der Waals surface area contributed by atoms with Crippen LogP contribution >= 0.6 is 11.6 Å². The molecule has 224 valence electrons. The van der Waals surface area contributed by atoms with E-state index in [0.717, 1.165) is 47.5 Å². The summed E-state index contributed by atoms with van der Waals surface area (Å²) in [6.45, 7) is 3.06. The third-order valence-electron chi connectivity index (χ3n) is 7.61. The second-order valence-corrected chi connectivity index (χ2v) is 12.9. The molecular formula is C32H38ClN3O5S. The second kappa shape index (κ2) is 14.1. The van der Waals surface area contributed by atoms with Crippen molar-refractivity contribution in [2.24, 2.45) is 0 Å². The Morgan fingerprint density at radius 1 is 1.00 bits per heavy atom. The minimum Gasteiger partial charge on any atom is -0.497 e. The number of ether oxygens (including phenoxy) is 1. The Bertz CT molecular complexity index is 1490. The lowest BCUT2D eigenvalue weighted by molar-refractivity contribution is -0.139. The molecule has 0 aliphatic heterocycles. The van der Waals surface area contributed by atoms with E-state index in [1.165, 1.54) is 17.0 Å². The number of aryl methyl sites for hydroxylation is 1. The van der Waals surface area contributed by atoms with Crippen LogP contribution in [0.15, 0.2) is 77.7 Å². The number of amides is 2. The first-order chi connectivity index (χ1) is 20.1. The number of halogens is 1. The Hall–Kier alpha value is -3.56. The van der Waals surface area contributed by atoms with Gasteiger partial charge in [-0.1, -0.05) is 72.8 Å². The van der Waals surface area contributed by atoms with E-state index in [1.807, 2.05) is 19.1 Å². The fraction of sp³-hybridized carbons (Fsp3) is 0.375. The Morgan fingerprint density at radius 3 is 2.36 bits per heavy atom. The van der Waals surface area contributed by atoms with Crippen LogP contribution in [0.5, 0.6) is 5.75 Å². The van der Waals surface area contributed by atoms with Crippen LogP contribution in [0.2, 0.25) is 5.02 Å². The molecule has 1 aliphatic rings. The highest BCUT2D eigenvalue weighted by Crippen LogP contribution is 2.31. The van der Waals surface area contributed by atoms with Gasteiger partial charge in [-0.3, -0.25) is 13.9 Å². The highest BCUT2D eigenvalue weighted by Gasteiger charge is 2.34. The van der Waals surface area contributed by atoms with Crippen LogP contribution in [-0.4, -0.2) is 50.9 Å². The zero-order chi connectivity index (χ0) is 30.3. The van der Waals surface area contributed by atoms with Gasteiger partial charge in [0.05, 0.1) is 22.7 Å². The van der Waals surface area contributed by atoms with E-state index in [-0.39, 0.29) is 34.1 Å². The van der Waals surface area contributed by atoms with E-state index in [2.05, 4.69) is 5.32 Å². The molecule has 1 atom stereocenters. The summed E-state index contributed by atoms with van der Waals surface area (Å²) >= 11 is 6.48. The van der Waals surface area contributed by atoms with Gasteiger partial charge in [0, 0.05) is 12.6 Å². The molecule has 3 aromatic rings. The zero-order valence-electron chi connectivity index (χ0n) is 24.3. The van der Waals surface area contributed by atoms with Gasteiger partial charge in [0.25, 0.3) is 10.0 Å². The summed E-state index contributed by atoms with van der Waals surface area (Å²) in [4.78, 5) is 29.0. The van der Waals surface area contributed by atoms with E-state index in [0.29, 0.717) is 5.75 Å². The Labute approximate surface area is 253 Å². The lowest BCUT2D eigenvalue weighted by atomic mass is 9.95. The number of methoxy groups -OCH3 is 1. The minimum atomic E-state index is -4.19. The van der Waals surface area contributed by atoms with E-state index in [1.54, 1.807) is 62.6 Å². The van der Waals surface area contributed by atoms with Crippen LogP contribution in [0, 0.1) is 6.92 Å². The molecule has 3 aromatic carbocycles. The third-order valence-corrected chi connectivity index (χ3v) is 9.71. The smallest absolute Gasteiger partial charge is 0.264 e. The van der Waals surface area contributed by atoms with Crippen molar-refractivity contribution in [3.63, 3.8) is 0 Å². The molecule has 42 heavy (non-hydrogen) atoms. The molecule has 2 amide bonds. The monoisotopic (exact) mass is 611 g/mol. The predicted octanol–water partition coefficient (Wildman–Crippen LogP) is 5.72. The summed E-state index contributed by atoms with van der Waals surface area (Å²) in [5.41, 5.74) is 1.82. The number of benzene rings is 3. The van der Waals surface area contributed by atoms with Gasteiger partial charge in [0.2, 0.25) is 11.8 Å². The number of carbonyl (C=O) groups excluding carboxylic acids is 2. The molecule has 0 bridgehead atoms. The molecule has 1 unspecified atom stereocenters. The maximum absolute atomic E-state index is 14.1. The van der Waals surface area contributed by atoms with E-state index < -0.39 is 28.5 Å². The lowest BCUT2D eigenvalue weighted by Crippen LogP contribution is -2.53. The quantitative estimate of drug-likeness (QED) is 0.299. The third kappa shape index (κ3) is 7.63. The van der Waals surface area contributed by atoms with Crippen LogP contribution in [-0.2, 0) is 26.2 Å². The van der Waals surface area contributed by atoms with Gasteiger partial charge in [-0.25, -0.2) is 8.42 Å². The van der Waals surface area contributed by atoms with Crippen molar-refractivity contribution < 1.29 is 22.7 Å². The molecule has 0 heterocycles. The molecule has 0 radical (unpaired) electrons. The van der Waals surface area contributed by atoms with Crippen LogP contribution in [0.1, 0.15) is 50.2 Å². The normalized spacial score (nSPS) is 14.6. The fourth-order valence-electron chi connectivity index (χ4n) is 5.12. The molecule has 4 rings (SSSR count). The average Bonchev–Trinajstić information content (AvgIpc) is 2.99. The highest BCUT2D eigenvalue weighted by atomic mass is 35.5. The maximum atomic E-state index is 14.1. The van der Waals surface area contributed by atoms with Crippen molar-refractivity contribution >= 4 is 39.1 Å². The number of carbonyl (C=O) groups is 2. The number of rotatable bonds is 11. The first kappa shape index (κ1) is 31.4. The van der Waals surface area contributed by atoms with Crippen molar-refractivity contribution in [3.8, 4) is 5.75 Å². The summed E-state index contributed by atoms with van der Waals surface area (Å²) in [5.74, 6) is -0.206. The van der Waals surface area contributed by atoms with E-state index >= 15 is 0 Å². The number of nitrogens with one attached hydrogen (secondary N) is 1. The molecule has 0 aromatic heterocycles. The van der Waals surface area contributed by atoms with Crippen LogP contribution in [0.25, 0.3) is 0 Å². The van der Waals surface area contributed by atoms with Crippen molar-refractivity contribution in [2.45, 2.75) is 69.5 Å². The van der Waals surface area contributed by atoms with E-state index in [4.69, 9.17) is 16.3 Å². The Balaban J connectivity index is 1.69. The van der Waals surface area contributed by atoms with Gasteiger partial charge < -0.3 is 15.0 Å². The predicted molar refractivity (Wildman–Crippen MR) is 165 cm³/mol. The number of sulfonamides is 1. The lowest BCUT2D eigenvalue weighted by Gasteiger charge is -2.33. The highest BCUT2D eigenvalue weighted by molar-refractivity contribution is 7.92. The largest absolute Gasteiger partial charge is 0.497 e. The van der Waals surface area contributed by atoms with Crippen LogP contribution < -0.4 is 14.4 Å². The van der Waals surface area contributed by atoms with Crippen molar-refractivity contribution in [1.29, 1.82) is 0 Å². The van der Waals surface area contributed by atoms with Crippen LogP contribution in [0.3, 0.4) is 0 Å². The molecule has 0 spiro atoms. The first-order valence-electron chi connectivity index (χ1n) is 14.2. The number of nitrogens with zero attached hydrogens (tertiary/aromatic N) is 2. The standard InChI is InChI=1S/C32H38ClN3O5S/c1-23-16-18-28(19-17-23)42(39,40)36(30-15-8-7-14-29(30)33)22-31(37)35(21-25-10-9-13-27(20-25)41-3)24(2)32(38)34-26-11-5-4-6-12-26/h7-10,13-20,24,26H,4-6,11-12,21-22H2,1-3H3,(H,34,38). The Kier molecular flexibility index (Phi) is 10.5. The molecule has 1 fully saturated rings. The first-order valence-corrected chi connectivity index (χ1v) is 16.0. The number of anilines is 1. The summed E-state index contributed by atoms with van der Waals surface area (Å²) in [7, 11) is -2.64. The summed E-state index contributed by atoms with van der Waals surface area (Å²) < 4.78 is 34.3. The summed E-state index contributed by atoms with van der Waals surface area (Å²) in [5, 5.41) is 3.29. The topological polar surface area (TPSA) is 96.0 Å². The zero-order valence-corrected chi connectivity index (χ0v) is 25.8. The molecular weight excluding hydrogens is 574 g/mol. The number of hydrogen-bond donors (Lipinski definition) is 1. The minimum absolute atomic E-state index is 0.0308. The number of para-hydroxylation sites is 1. The van der Waals surface area contributed by atoms with Crippen LogP contribution in [0.4, 0.5) is 5.69 Å². The van der Waals surface area contributed by atoms with Crippen molar-refractivity contribution in [1.82, 2.24) is 10.2 Å². The Morgan fingerprint density at radius 2 is 1.69 bits per heavy atom. The van der Waals surface area contributed by atoms with Gasteiger partial charge in [-0.15, -0.1) is 0 Å². The molecule has 1 aliphatic carbocycles. The maximum Gasteiger partial charge on any atom is 0.264 e. The SMILES string of the molecule is COc1cccc(CN(C(=O)CN(c2ccccc2Cl)S(=O)(=O)c2ccc(C)cc2)C(C)C(=O)NC2CCCCC2)c1. The van der Waals surface area contributed by atoms with Gasteiger partial charge in [0.15, 0.2) is 0 Å². The van der Waals surface area contributed by atoms with Gasteiger partial charge >= 0.3 is 0 Å². The van der Waals surface area contributed by atoms with Crippen molar-refractivity contribution in [2.75, 3.05) is 18.0 Å². The average molecular weight is 612 g/mol. The summed E-state index contributed by atoms with van der Waals surface area (Å²) in [6, 6.07) is 19.3. The number of hydrogen-bond acceptors (Lipinski definition) is 5. The molecule has 1 saturated carbocycles. The molecule has 0 saturated heterocycles. The second-order valence-electron chi connectivity index (χ2n) is 10.7. The van der Waals surface area contributed by atoms with Gasteiger partial charge in [0.1, 0.15) is 18.3 Å².